The molecule has 3 aliphatic rings. The highest BCUT2D eigenvalue weighted by Gasteiger charge is 2.35. The lowest BCUT2D eigenvalue weighted by atomic mass is 9.84. The van der Waals surface area contributed by atoms with Crippen molar-refractivity contribution >= 4 is 39.7 Å². The fourth-order valence-electron chi connectivity index (χ4n) is 3.56. The maximum atomic E-state index is 13.7. The quantitative estimate of drug-likeness (QED) is 0.892. The molecule has 3 saturated heterocycles. The number of nitrogens with one attached hydrogen (secondary N) is 1. The van der Waals surface area contributed by atoms with Gasteiger partial charge in [-0.05, 0) is 49.4 Å². The average molecular weight is 359 g/mol. The van der Waals surface area contributed by atoms with Crippen LogP contribution in [0.15, 0.2) is 18.2 Å². The number of hydrogen-bond donors (Lipinski definition) is 1. The molecule has 1 N–H and O–H groups in total. The molecule has 0 aliphatic carbocycles. The highest BCUT2D eigenvalue weighted by Crippen LogP contribution is 2.31. The van der Waals surface area contributed by atoms with E-state index >= 15 is 0 Å². The Labute approximate surface area is 143 Å². The van der Waals surface area contributed by atoms with Crippen molar-refractivity contribution in [3.05, 3.63) is 34.7 Å². The van der Waals surface area contributed by atoms with E-state index < -0.39 is 11.6 Å². The first-order chi connectivity index (χ1) is 10.6. The topological polar surface area (TPSA) is 32.3 Å². The van der Waals surface area contributed by atoms with Gasteiger partial charge in [0.1, 0.15) is 11.6 Å². The monoisotopic (exact) mass is 358 g/mol. The van der Waals surface area contributed by atoms with Crippen molar-refractivity contribution in [3.8, 4) is 0 Å². The molecule has 23 heavy (non-hydrogen) atoms. The molecule has 2 aromatic rings. The Bertz CT molecular complexity index is 743. The third-order valence-electron chi connectivity index (χ3n) is 4.73. The van der Waals surface area contributed by atoms with Crippen LogP contribution in [-0.2, 0) is 0 Å². The maximum absolute atomic E-state index is 13.7. The van der Waals surface area contributed by atoms with Gasteiger partial charge in [-0.2, -0.15) is 0 Å². The van der Waals surface area contributed by atoms with E-state index in [1.54, 1.807) is 6.07 Å². The van der Waals surface area contributed by atoms with Crippen LogP contribution < -0.4 is 5.32 Å². The van der Waals surface area contributed by atoms with Crippen molar-refractivity contribution in [2.75, 3.05) is 19.6 Å². The Kier molecular flexibility index (Phi) is 4.58. The number of benzene rings is 1. The number of rotatable bonds is 2. The number of carbonyl (C=O) groups excluding carboxylic acids is 1. The lowest BCUT2D eigenvalue weighted by molar-refractivity contribution is 0.0622. The molecule has 1 atom stereocenters. The molecule has 5 rings (SSSR count). The van der Waals surface area contributed by atoms with Crippen molar-refractivity contribution in [2.45, 2.75) is 18.9 Å². The van der Waals surface area contributed by atoms with E-state index in [1.807, 2.05) is 0 Å². The van der Waals surface area contributed by atoms with Gasteiger partial charge < -0.3 is 10.2 Å². The second-order valence-corrected chi connectivity index (χ2v) is 7.19. The molecule has 0 saturated carbocycles. The Balaban J connectivity index is 0.00000156. The Morgan fingerprint density at radius 1 is 1.22 bits per heavy atom. The van der Waals surface area contributed by atoms with E-state index in [0.717, 1.165) is 49.9 Å². The first-order valence-electron chi connectivity index (χ1n) is 7.52. The molecule has 4 heterocycles. The predicted octanol–water partition coefficient (Wildman–Crippen LogP) is 3.43. The zero-order chi connectivity index (χ0) is 15.3. The van der Waals surface area contributed by atoms with Gasteiger partial charge >= 0.3 is 0 Å². The SMILES string of the molecule is Cl.O=C(N[C@@H]1CN2CCC1CC2)c1cc2cc(F)cc(F)c2s1. The largest absolute Gasteiger partial charge is 0.347 e. The Morgan fingerprint density at radius 3 is 2.61 bits per heavy atom. The minimum atomic E-state index is -0.618. The van der Waals surface area contributed by atoms with Crippen LogP contribution in [0.3, 0.4) is 0 Å². The van der Waals surface area contributed by atoms with Crippen LogP contribution in [0.25, 0.3) is 10.1 Å². The molecule has 7 heteroatoms. The number of carbonyl (C=O) groups is 1. The highest BCUT2D eigenvalue weighted by molar-refractivity contribution is 7.20. The normalized spacial score (nSPS) is 26.1. The molecular weight excluding hydrogens is 342 g/mol. The molecule has 3 fully saturated rings. The van der Waals surface area contributed by atoms with Crippen molar-refractivity contribution in [1.82, 2.24) is 10.2 Å². The van der Waals surface area contributed by atoms with Crippen LogP contribution in [0.1, 0.15) is 22.5 Å². The summed E-state index contributed by atoms with van der Waals surface area (Å²) in [7, 11) is 0. The summed E-state index contributed by atoms with van der Waals surface area (Å²) < 4.78 is 27.3. The minimum absolute atomic E-state index is 0. The first kappa shape index (κ1) is 16.6. The molecule has 0 radical (unpaired) electrons. The van der Waals surface area contributed by atoms with Crippen LogP contribution in [-0.4, -0.2) is 36.5 Å². The van der Waals surface area contributed by atoms with Crippen molar-refractivity contribution in [3.63, 3.8) is 0 Å². The number of hydrogen-bond acceptors (Lipinski definition) is 3. The fourth-order valence-corrected chi connectivity index (χ4v) is 4.51. The summed E-state index contributed by atoms with van der Waals surface area (Å²) in [4.78, 5) is 15.2. The van der Waals surface area contributed by atoms with Gasteiger partial charge in [-0.3, -0.25) is 4.79 Å². The van der Waals surface area contributed by atoms with Crippen molar-refractivity contribution in [2.24, 2.45) is 5.92 Å². The molecule has 1 aromatic carbocycles. The highest BCUT2D eigenvalue weighted by atomic mass is 35.5. The Morgan fingerprint density at radius 2 is 1.96 bits per heavy atom. The van der Waals surface area contributed by atoms with Gasteiger partial charge in [-0.15, -0.1) is 23.7 Å². The van der Waals surface area contributed by atoms with Gasteiger partial charge in [0.05, 0.1) is 9.58 Å². The van der Waals surface area contributed by atoms with E-state index in [2.05, 4.69) is 10.2 Å². The number of amides is 1. The van der Waals surface area contributed by atoms with E-state index in [9.17, 15) is 13.6 Å². The summed E-state index contributed by atoms with van der Waals surface area (Å²) in [6.45, 7) is 3.12. The van der Waals surface area contributed by atoms with Crippen LogP contribution in [0.2, 0.25) is 0 Å². The summed E-state index contributed by atoms with van der Waals surface area (Å²) in [6, 6.07) is 3.86. The zero-order valence-corrected chi connectivity index (χ0v) is 14.0. The summed E-state index contributed by atoms with van der Waals surface area (Å²) in [5.74, 6) is -0.869. The van der Waals surface area contributed by atoms with Gasteiger partial charge in [0, 0.05) is 18.7 Å². The average Bonchev–Trinajstić information content (AvgIpc) is 2.93. The first-order valence-corrected chi connectivity index (χ1v) is 8.33. The van der Waals surface area contributed by atoms with E-state index in [1.165, 1.54) is 6.07 Å². The van der Waals surface area contributed by atoms with Gasteiger partial charge in [0.15, 0.2) is 0 Å². The third kappa shape index (κ3) is 3.07. The number of nitrogens with zero attached hydrogens (tertiary/aromatic N) is 1. The Hall–Kier alpha value is -1.24. The third-order valence-corrected chi connectivity index (χ3v) is 5.89. The van der Waals surface area contributed by atoms with Crippen LogP contribution in [0.4, 0.5) is 8.78 Å². The second-order valence-electron chi connectivity index (χ2n) is 6.13. The van der Waals surface area contributed by atoms with Crippen molar-refractivity contribution < 1.29 is 13.6 Å². The van der Waals surface area contributed by atoms with Gasteiger partial charge in [-0.1, -0.05) is 0 Å². The van der Waals surface area contributed by atoms with Gasteiger partial charge in [-0.25, -0.2) is 8.78 Å². The number of halogens is 3. The molecule has 0 spiro atoms. The van der Waals surface area contributed by atoms with Gasteiger partial charge in [0.25, 0.3) is 5.91 Å². The fraction of sp³-hybridized carbons (Fsp3) is 0.438. The number of thiophene rings is 1. The second kappa shape index (κ2) is 6.34. The molecule has 124 valence electrons. The maximum Gasteiger partial charge on any atom is 0.261 e. The lowest BCUT2D eigenvalue weighted by Crippen LogP contribution is -2.57. The van der Waals surface area contributed by atoms with Gasteiger partial charge in [0.2, 0.25) is 0 Å². The van der Waals surface area contributed by atoms with E-state index in [4.69, 9.17) is 0 Å². The lowest BCUT2D eigenvalue weighted by Gasteiger charge is -2.44. The molecule has 3 aliphatic heterocycles. The van der Waals surface area contributed by atoms with Crippen LogP contribution >= 0.6 is 23.7 Å². The smallest absolute Gasteiger partial charge is 0.261 e. The predicted molar refractivity (Wildman–Crippen MR) is 89.4 cm³/mol. The zero-order valence-electron chi connectivity index (χ0n) is 12.4. The molecule has 2 bridgehead atoms. The number of fused-ring (bicyclic) bond motifs is 4. The van der Waals surface area contributed by atoms with Crippen LogP contribution in [0.5, 0.6) is 0 Å². The molecule has 0 unspecified atom stereocenters. The molecular formula is C16H17ClF2N2OS. The van der Waals surface area contributed by atoms with E-state index in [-0.39, 0.29) is 24.4 Å². The molecule has 1 aromatic heterocycles. The van der Waals surface area contributed by atoms with E-state index in [0.29, 0.717) is 20.9 Å². The summed E-state index contributed by atoms with van der Waals surface area (Å²) in [6.07, 6.45) is 2.24. The van der Waals surface area contributed by atoms with Crippen molar-refractivity contribution in [1.29, 1.82) is 0 Å². The summed E-state index contributed by atoms with van der Waals surface area (Å²) in [5.41, 5.74) is 0. The number of piperidine rings is 3. The standard InChI is InChI=1S/C16H16F2N2OS.ClH/c17-11-5-10-6-14(22-15(10)12(18)7-11)16(21)19-13-8-20-3-1-9(13)2-4-20;/h5-7,9,13H,1-4,8H2,(H,19,21);1H/t13-;/m1./s1. The molecule has 1 amide bonds. The summed E-state index contributed by atoms with van der Waals surface area (Å²) in [5, 5.41) is 3.52. The van der Waals surface area contributed by atoms with Crippen LogP contribution in [0, 0.1) is 17.6 Å². The summed E-state index contributed by atoms with van der Waals surface area (Å²) >= 11 is 1.08. The molecule has 3 nitrogen and oxygen atoms in total. The minimum Gasteiger partial charge on any atom is -0.347 e.